The zero-order valence-electron chi connectivity index (χ0n) is 12.3. The van der Waals surface area contributed by atoms with E-state index in [0.717, 1.165) is 11.3 Å². The summed E-state index contributed by atoms with van der Waals surface area (Å²) in [7, 11) is 0. The molecule has 0 unspecified atom stereocenters. The number of aryl methyl sites for hydroxylation is 1. The molecule has 0 aliphatic rings. The van der Waals surface area contributed by atoms with Crippen LogP contribution in [0.1, 0.15) is 5.56 Å². The minimum absolute atomic E-state index is 0.0136. The van der Waals surface area contributed by atoms with E-state index >= 15 is 0 Å². The van der Waals surface area contributed by atoms with Crippen molar-refractivity contribution in [3.8, 4) is 5.75 Å². The molecule has 0 bridgehead atoms. The van der Waals surface area contributed by atoms with Crippen molar-refractivity contribution in [1.29, 1.82) is 0 Å². The lowest BCUT2D eigenvalue weighted by atomic mass is 10.2. The lowest BCUT2D eigenvalue weighted by Gasteiger charge is -2.11. The summed E-state index contributed by atoms with van der Waals surface area (Å²) in [6.45, 7) is -1.03. The number of hydrogen-bond acceptors (Lipinski definition) is 3. The second-order valence-electron chi connectivity index (χ2n) is 4.74. The third-order valence-electron chi connectivity index (χ3n) is 3.02. The molecular formula is C16H15ClF2N2O2. The van der Waals surface area contributed by atoms with Crippen LogP contribution in [0.25, 0.3) is 0 Å². The topological polar surface area (TPSA) is 50.4 Å². The average molecular weight is 341 g/mol. The normalized spacial score (nSPS) is 10.5. The summed E-state index contributed by atoms with van der Waals surface area (Å²) in [6.07, 6.45) is 0. The molecule has 0 radical (unpaired) electrons. The first-order valence-electron chi connectivity index (χ1n) is 6.79. The Bertz CT molecular complexity index is 696. The van der Waals surface area contributed by atoms with E-state index in [-0.39, 0.29) is 23.2 Å². The van der Waals surface area contributed by atoms with Crippen molar-refractivity contribution in [2.45, 2.75) is 13.5 Å². The fourth-order valence-electron chi connectivity index (χ4n) is 1.89. The molecule has 4 nitrogen and oxygen atoms in total. The van der Waals surface area contributed by atoms with Gasteiger partial charge in [0.25, 0.3) is 0 Å². The van der Waals surface area contributed by atoms with Crippen LogP contribution in [0, 0.1) is 6.92 Å². The Hall–Kier alpha value is -2.34. The SMILES string of the molecule is Cc1ccccc1NC(=O)CNc1ccc(OC(F)F)c(Cl)c1. The highest BCUT2D eigenvalue weighted by Crippen LogP contribution is 2.28. The van der Waals surface area contributed by atoms with E-state index < -0.39 is 6.61 Å². The van der Waals surface area contributed by atoms with E-state index in [1.54, 1.807) is 6.07 Å². The van der Waals surface area contributed by atoms with Gasteiger partial charge in [0.05, 0.1) is 11.6 Å². The number of alkyl halides is 2. The van der Waals surface area contributed by atoms with Crippen molar-refractivity contribution in [3.05, 3.63) is 53.1 Å². The quantitative estimate of drug-likeness (QED) is 0.824. The van der Waals surface area contributed by atoms with Gasteiger partial charge in [0, 0.05) is 11.4 Å². The van der Waals surface area contributed by atoms with Gasteiger partial charge in [-0.3, -0.25) is 4.79 Å². The van der Waals surface area contributed by atoms with Crippen LogP contribution in [-0.2, 0) is 4.79 Å². The fourth-order valence-corrected chi connectivity index (χ4v) is 2.12. The molecule has 0 saturated carbocycles. The van der Waals surface area contributed by atoms with Crippen LogP contribution < -0.4 is 15.4 Å². The average Bonchev–Trinajstić information content (AvgIpc) is 2.49. The molecular weight excluding hydrogens is 326 g/mol. The summed E-state index contributed by atoms with van der Waals surface area (Å²) in [4.78, 5) is 11.9. The van der Waals surface area contributed by atoms with Gasteiger partial charge < -0.3 is 15.4 Å². The summed E-state index contributed by atoms with van der Waals surface area (Å²) in [5.74, 6) is -0.347. The molecule has 2 rings (SSSR count). The van der Waals surface area contributed by atoms with Crippen molar-refractivity contribution >= 4 is 28.9 Å². The molecule has 1 amide bonds. The standard InChI is InChI=1S/C16H15ClF2N2O2/c1-10-4-2-3-5-13(10)21-15(22)9-20-11-6-7-14(12(17)8-11)23-16(18)19/h2-8,16,20H,9H2,1H3,(H,21,22). The van der Waals surface area contributed by atoms with Crippen LogP contribution in [0.5, 0.6) is 5.75 Å². The van der Waals surface area contributed by atoms with Crippen LogP contribution in [-0.4, -0.2) is 19.1 Å². The van der Waals surface area contributed by atoms with E-state index in [4.69, 9.17) is 11.6 Å². The maximum absolute atomic E-state index is 12.1. The Kier molecular flexibility index (Phi) is 5.76. The maximum atomic E-state index is 12.1. The molecule has 0 fully saturated rings. The molecule has 0 heterocycles. The van der Waals surface area contributed by atoms with Crippen molar-refractivity contribution in [2.24, 2.45) is 0 Å². The molecule has 7 heteroatoms. The van der Waals surface area contributed by atoms with Crippen molar-refractivity contribution in [3.63, 3.8) is 0 Å². The lowest BCUT2D eigenvalue weighted by Crippen LogP contribution is -2.22. The molecule has 122 valence electrons. The van der Waals surface area contributed by atoms with Gasteiger partial charge in [-0.05, 0) is 36.8 Å². The lowest BCUT2D eigenvalue weighted by molar-refractivity contribution is -0.114. The van der Waals surface area contributed by atoms with E-state index in [0.29, 0.717) is 5.69 Å². The number of anilines is 2. The van der Waals surface area contributed by atoms with Crippen molar-refractivity contribution < 1.29 is 18.3 Å². The van der Waals surface area contributed by atoms with E-state index in [1.165, 1.54) is 18.2 Å². The summed E-state index contributed by atoms with van der Waals surface area (Å²) >= 11 is 5.84. The Labute approximate surface area is 137 Å². The number of carbonyl (C=O) groups excluding carboxylic acids is 1. The third-order valence-corrected chi connectivity index (χ3v) is 3.32. The number of benzene rings is 2. The van der Waals surface area contributed by atoms with Crippen LogP contribution in [0.15, 0.2) is 42.5 Å². The van der Waals surface area contributed by atoms with Crippen LogP contribution in [0.2, 0.25) is 5.02 Å². The molecule has 2 aromatic carbocycles. The van der Waals surface area contributed by atoms with Gasteiger partial charge in [0.15, 0.2) is 0 Å². The molecule has 2 N–H and O–H groups in total. The van der Waals surface area contributed by atoms with Crippen molar-refractivity contribution in [2.75, 3.05) is 17.2 Å². The van der Waals surface area contributed by atoms with Crippen LogP contribution >= 0.6 is 11.6 Å². The molecule has 0 spiro atoms. The zero-order chi connectivity index (χ0) is 16.8. The largest absolute Gasteiger partial charge is 0.433 e. The number of para-hydroxylation sites is 1. The third kappa shape index (κ3) is 5.10. The predicted octanol–water partition coefficient (Wildman–Crippen LogP) is 4.30. The highest BCUT2D eigenvalue weighted by atomic mass is 35.5. The van der Waals surface area contributed by atoms with Crippen LogP contribution in [0.4, 0.5) is 20.2 Å². The van der Waals surface area contributed by atoms with Gasteiger partial charge in [0.2, 0.25) is 5.91 Å². The zero-order valence-corrected chi connectivity index (χ0v) is 13.0. The highest BCUT2D eigenvalue weighted by molar-refractivity contribution is 6.32. The molecule has 23 heavy (non-hydrogen) atoms. The molecule has 0 aliphatic heterocycles. The summed E-state index contributed by atoms with van der Waals surface area (Å²) < 4.78 is 28.5. The van der Waals surface area contributed by atoms with Gasteiger partial charge in [-0.1, -0.05) is 29.8 Å². The molecule has 0 aromatic heterocycles. The Morgan fingerprint density at radius 3 is 2.65 bits per heavy atom. The number of nitrogens with one attached hydrogen (secondary N) is 2. The molecule has 0 aliphatic carbocycles. The number of hydrogen-bond donors (Lipinski definition) is 2. The van der Waals surface area contributed by atoms with E-state index in [9.17, 15) is 13.6 Å². The molecule has 0 saturated heterocycles. The Morgan fingerprint density at radius 2 is 2.00 bits per heavy atom. The minimum Gasteiger partial charge on any atom is -0.433 e. The molecule has 2 aromatic rings. The monoisotopic (exact) mass is 340 g/mol. The smallest absolute Gasteiger partial charge is 0.387 e. The summed E-state index contributed by atoms with van der Waals surface area (Å²) in [5, 5.41) is 5.68. The maximum Gasteiger partial charge on any atom is 0.387 e. The van der Waals surface area contributed by atoms with Gasteiger partial charge in [-0.15, -0.1) is 0 Å². The first-order chi connectivity index (χ1) is 11.0. The number of carbonyl (C=O) groups is 1. The van der Waals surface area contributed by atoms with E-state index in [2.05, 4.69) is 15.4 Å². The first kappa shape index (κ1) is 17.0. The second kappa shape index (κ2) is 7.78. The predicted molar refractivity (Wildman–Crippen MR) is 86.4 cm³/mol. The van der Waals surface area contributed by atoms with Crippen molar-refractivity contribution in [1.82, 2.24) is 0 Å². The number of halogens is 3. The van der Waals surface area contributed by atoms with E-state index in [1.807, 2.05) is 25.1 Å². The minimum atomic E-state index is -2.94. The number of rotatable bonds is 6. The fraction of sp³-hybridized carbons (Fsp3) is 0.188. The van der Waals surface area contributed by atoms with Gasteiger partial charge in [-0.2, -0.15) is 8.78 Å². The Balaban J connectivity index is 1.92. The second-order valence-corrected chi connectivity index (χ2v) is 5.15. The molecule has 0 atom stereocenters. The van der Waals surface area contributed by atoms with Gasteiger partial charge in [-0.25, -0.2) is 0 Å². The number of ether oxygens (including phenoxy) is 1. The van der Waals surface area contributed by atoms with Gasteiger partial charge in [0.1, 0.15) is 5.75 Å². The highest BCUT2D eigenvalue weighted by Gasteiger charge is 2.10. The summed E-state index contributed by atoms with van der Waals surface area (Å²) in [5.41, 5.74) is 2.21. The Morgan fingerprint density at radius 1 is 1.26 bits per heavy atom. The van der Waals surface area contributed by atoms with Gasteiger partial charge >= 0.3 is 6.61 Å². The first-order valence-corrected chi connectivity index (χ1v) is 7.17. The van der Waals surface area contributed by atoms with Crippen LogP contribution in [0.3, 0.4) is 0 Å². The number of amides is 1. The summed E-state index contributed by atoms with van der Waals surface area (Å²) in [6, 6.07) is 11.7.